The summed E-state index contributed by atoms with van der Waals surface area (Å²) < 4.78 is 23.5. The monoisotopic (exact) mass is 1120 g/mol. The minimum Gasteiger partial charge on any atom is -0.756 e. The first-order valence-electron chi connectivity index (χ1n) is 34.7. The Labute approximate surface area is 487 Å². The molecule has 0 aliphatic carbocycles. The van der Waals surface area contributed by atoms with Crippen molar-refractivity contribution in [1.29, 1.82) is 0 Å². The topological polar surface area (TPSA) is 108 Å². The molecule has 0 heterocycles. The van der Waals surface area contributed by atoms with Crippen molar-refractivity contribution in [3.63, 3.8) is 0 Å². The van der Waals surface area contributed by atoms with Gasteiger partial charge in [-0.2, -0.15) is 0 Å². The van der Waals surface area contributed by atoms with Crippen LogP contribution in [0.5, 0.6) is 0 Å². The van der Waals surface area contributed by atoms with Gasteiger partial charge in [0.25, 0.3) is 7.82 Å². The summed E-state index contributed by atoms with van der Waals surface area (Å²) in [5, 5.41) is 14.1. The molecule has 0 saturated heterocycles. The minimum absolute atomic E-state index is 0.0135. The summed E-state index contributed by atoms with van der Waals surface area (Å²) in [4.78, 5) is 25.6. The number of aliphatic hydroxyl groups is 1. The molecule has 78 heavy (non-hydrogen) atoms. The number of likely N-dealkylation sites (N-methyl/N-ethyl adjacent to an activating group) is 1. The molecule has 0 spiro atoms. The molecule has 3 atom stereocenters. The maximum atomic E-state index is 13.0. The summed E-state index contributed by atoms with van der Waals surface area (Å²) in [6.07, 6.45) is 78.3. The van der Waals surface area contributed by atoms with Crippen molar-refractivity contribution in [3.8, 4) is 0 Å². The van der Waals surface area contributed by atoms with E-state index in [1.807, 2.05) is 21.1 Å². The van der Waals surface area contributed by atoms with E-state index >= 15 is 0 Å². The van der Waals surface area contributed by atoms with E-state index in [2.05, 4.69) is 43.5 Å². The number of carbonyl (C=O) groups excluding carboxylic acids is 1. The van der Waals surface area contributed by atoms with Crippen LogP contribution in [0.1, 0.15) is 361 Å². The van der Waals surface area contributed by atoms with Gasteiger partial charge in [-0.15, -0.1) is 0 Å². The van der Waals surface area contributed by atoms with Gasteiger partial charge < -0.3 is 28.8 Å². The Morgan fingerprint density at radius 1 is 0.449 bits per heavy atom. The second-order valence-corrected chi connectivity index (χ2v) is 26.7. The van der Waals surface area contributed by atoms with E-state index in [9.17, 15) is 19.4 Å². The molecule has 0 aromatic heterocycles. The molecule has 8 nitrogen and oxygen atoms in total. The predicted molar refractivity (Wildman–Crippen MR) is 339 cm³/mol. The zero-order valence-corrected chi connectivity index (χ0v) is 54.0. The van der Waals surface area contributed by atoms with E-state index in [1.54, 1.807) is 0 Å². The molecule has 464 valence electrons. The van der Waals surface area contributed by atoms with Crippen LogP contribution in [-0.4, -0.2) is 68.5 Å². The van der Waals surface area contributed by atoms with Crippen LogP contribution < -0.4 is 10.2 Å². The van der Waals surface area contributed by atoms with Crippen molar-refractivity contribution in [1.82, 2.24) is 5.32 Å². The van der Waals surface area contributed by atoms with Crippen LogP contribution in [0.2, 0.25) is 0 Å². The summed E-state index contributed by atoms with van der Waals surface area (Å²) >= 11 is 0. The zero-order chi connectivity index (χ0) is 57.0. The number of unbranched alkanes of at least 4 members (excludes halogenated alkanes) is 48. The molecule has 0 radical (unpaired) electrons. The van der Waals surface area contributed by atoms with Crippen LogP contribution in [0.4, 0.5) is 0 Å². The second kappa shape index (κ2) is 60.6. The Hall–Kier alpha value is -1.02. The number of rotatable bonds is 65. The summed E-state index contributed by atoms with van der Waals surface area (Å²) in [5.74, 6) is -0.161. The van der Waals surface area contributed by atoms with Crippen molar-refractivity contribution in [2.24, 2.45) is 0 Å². The quantitative estimate of drug-likeness (QED) is 0.0272. The fourth-order valence-corrected chi connectivity index (χ4v) is 11.5. The van der Waals surface area contributed by atoms with Gasteiger partial charge in [-0.1, -0.05) is 334 Å². The number of phosphoric ester groups is 1. The van der Waals surface area contributed by atoms with Crippen LogP contribution in [0.3, 0.4) is 0 Å². The van der Waals surface area contributed by atoms with Crippen LogP contribution in [0.25, 0.3) is 0 Å². The summed E-state index contributed by atoms with van der Waals surface area (Å²) in [6.45, 7) is 4.77. The number of phosphoric acid groups is 1. The average molecular weight is 1120 g/mol. The van der Waals surface area contributed by atoms with Crippen molar-refractivity contribution >= 4 is 13.7 Å². The maximum Gasteiger partial charge on any atom is 0.268 e. The second-order valence-electron chi connectivity index (χ2n) is 25.2. The van der Waals surface area contributed by atoms with Gasteiger partial charge in [0, 0.05) is 6.42 Å². The molecule has 0 aromatic carbocycles. The van der Waals surface area contributed by atoms with Crippen LogP contribution >= 0.6 is 7.82 Å². The van der Waals surface area contributed by atoms with E-state index in [4.69, 9.17) is 9.05 Å². The molecule has 0 saturated carbocycles. The van der Waals surface area contributed by atoms with Crippen molar-refractivity contribution in [3.05, 3.63) is 24.3 Å². The number of hydrogen-bond acceptors (Lipinski definition) is 6. The predicted octanol–water partition coefficient (Wildman–Crippen LogP) is 21.3. The normalized spacial score (nSPS) is 13.8. The third-order valence-electron chi connectivity index (χ3n) is 16.2. The van der Waals surface area contributed by atoms with E-state index in [0.29, 0.717) is 23.9 Å². The lowest BCUT2D eigenvalue weighted by atomic mass is 10.0. The van der Waals surface area contributed by atoms with Gasteiger partial charge in [-0.25, -0.2) is 0 Å². The molecule has 0 rings (SSSR count). The summed E-state index contributed by atoms with van der Waals surface area (Å²) in [7, 11) is 1.32. The summed E-state index contributed by atoms with van der Waals surface area (Å²) in [5.41, 5.74) is 0. The summed E-state index contributed by atoms with van der Waals surface area (Å²) in [6, 6.07) is -0.802. The van der Waals surface area contributed by atoms with Gasteiger partial charge >= 0.3 is 0 Å². The smallest absolute Gasteiger partial charge is 0.268 e. The Morgan fingerprint density at radius 3 is 1.06 bits per heavy atom. The van der Waals surface area contributed by atoms with E-state index in [-0.39, 0.29) is 19.1 Å². The van der Waals surface area contributed by atoms with Crippen molar-refractivity contribution in [2.45, 2.75) is 373 Å². The lowest BCUT2D eigenvalue weighted by molar-refractivity contribution is -0.870. The maximum absolute atomic E-state index is 13.0. The Morgan fingerprint density at radius 2 is 0.744 bits per heavy atom. The number of amides is 1. The molecule has 3 unspecified atom stereocenters. The number of carbonyl (C=O) groups is 1. The fraction of sp³-hybridized carbons (Fsp3) is 0.928. The minimum atomic E-state index is -4.58. The number of quaternary nitrogens is 1. The van der Waals surface area contributed by atoms with Crippen LogP contribution in [0.15, 0.2) is 24.3 Å². The van der Waals surface area contributed by atoms with Gasteiger partial charge in [0.15, 0.2) is 0 Å². The van der Waals surface area contributed by atoms with Gasteiger partial charge in [-0.05, 0) is 44.9 Å². The van der Waals surface area contributed by atoms with E-state index in [0.717, 1.165) is 44.9 Å². The van der Waals surface area contributed by atoms with Crippen LogP contribution in [-0.2, 0) is 18.4 Å². The molecule has 0 aliphatic rings. The molecule has 9 heteroatoms. The van der Waals surface area contributed by atoms with Gasteiger partial charge in [-0.3, -0.25) is 9.36 Å². The van der Waals surface area contributed by atoms with E-state index < -0.39 is 20.0 Å². The molecule has 0 aliphatic heterocycles. The lowest BCUT2D eigenvalue weighted by Crippen LogP contribution is -2.46. The first kappa shape index (κ1) is 77.0. The fourth-order valence-electron chi connectivity index (χ4n) is 10.8. The first-order valence-corrected chi connectivity index (χ1v) is 36.1. The third-order valence-corrected chi connectivity index (χ3v) is 17.2. The number of hydrogen-bond donors (Lipinski definition) is 2. The highest BCUT2D eigenvalue weighted by atomic mass is 31.2. The molecule has 0 bridgehead atoms. The van der Waals surface area contributed by atoms with Gasteiger partial charge in [0.05, 0.1) is 39.9 Å². The first-order chi connectivity index (χ1) is 38.0. The number of nitrogens with one attached hydrogen (secondary N) is 1. The Balaban J connectivity index is 3.99. The Kier molecular flexibility index (Phi) is 59.8. The molecular weight excluding hydrogens is 984 g/mol. The Bertz CT molecular complexity index is 1320. The van der Waals surface area contributed by atoms with Crippen molar-refractivity contribution in [2.75, 3.05) is 40.9 Å². The average Bonchev–Trinajstić information content (AvgIpc) is 3.41. The van der Waals surface area contributed by atoms with E-state index in [1.165, 1.54) is 289 Å². The van der Waals surface area contributed by atoms with Gasteiger partial charge in [0.2, 0.25) is 5.91 Å². The van der Waals surface area contributed by atoms with Gasteiger partial charge in [0.1, 0.15) is 13.2 Å². The highest BCUT2D eigenvalue weighted by Gasteiger charge is 2.24. The zero-order valence-electron chi connectivity index (χ0n) is 53.2. The highest BCUT2D eigenvalue weighted by Crippen LogP contribution is 2.38. The third kappa shape index (κ3) is 62.6. The van der Waals surface area contributed by atoms with Crippen LogP contribution in [0, 0.1) is 0 Å². The van der Waals surface area contributed by atoms with Crippen molar-refractivity contribution < 1.29 is 32.9 Å². The number of allylic oxidation sites excluding steroid dienone is 4. The molecule has 0 aromatic rings. The number of aliphatic hydroxyl groups excluding tert-OH is 1. The molecule has 0 fully saturated rings. The molecule has 2 N–H and O–H groups in total. The molecular formula is C69H137N2O6P. The largest absolute Gasteiger partial charge is 0.756 e. The molecule has 1 amide bonds. The number of nitrogens with zero attached hydrogens (tertiary/aromatic N) is 1. The standard InChI is InChI=1S/C69H137N2O6P/c1-6-8-10-12-14-16-18-20-22-24-26-28-30-31-32-33-34-35-36-37-38-39-41-42-44-46-48-50-52-54-56-58-60-62-68(72)67(66-77-78(74,75)76-65-64-71(3,4)5)70-69(73)63-61-59-57-55-53-51-49-47-45-43-40-29-27-25-23-21-19-17-15-13-11-9-7-2/h19,21,25,27,67-68,72H,6-18,20,22-24,26,28-66H2,1-5H3,(H-,70,73,74,75)/b21-19-,27-25-. The SMILES string of the molecule is CCCCCCC/C=C\C/C=C\CCCCCCCCCCCCCC(=O)NC(COP(=O)([O-])OCC[N+](C)(C)C)C(O)CCCCCCCCCCCCCCCCCCCCCCCCCCCCCCCCCCC. The lowest BCUT2D eigenvalue weighted by Gasteiger charge is -2.30. The highest BCUT2D eigenvalue weighted by molar-refractivity contribution is 7.45.